The Morgan fingerprint density at radius 3 is 2.45 bits per heavy atom. The van der Waals surface area contributed by atoms with Crippen LogP contribution in [0.1, 0.15) is 24.6 Å². The molecule has 0 aliphatic carbocycles. The second-order valence-corrected chi connectivity index (χ2v) is 5.05. The van der Waals surface area contributed by atoms with Gasteiger partial charge in [-0.3, -0.25) is 13.9 Å². The van der Waals surface area contributed by atoms with Crippen LogP contribution in [0.4, 0.5) is 0 Å². The van der Waals surface area contributed by atoms with Crippen LogP contribution in [0.25, 0.3) is 11.2 Å². The van der Waals surface area contributed by atoms with Crippen LogP contribution in [0.3, 0.4) is 0 Å². The molecule has 0 unspecified atom stereocenters. The van der Waals surface area contributed by atoms with Crippen molar-refractivity contribution in [1.82, 2.24) is 24.4 Å². The number of hydrogen-bond donors (Lipinski definition) is 2. The van der Waals surface area contributed by atoms with E-state index in [4.69, 9.17) is 0 Å². The molecule has 2 N–H and O–H groups in total. The number of aromatic nitrogens is 4. The summed E-state index contributed by atoms with van der Waals surface area (Å²) in [6.07, 6.45) is 1.99. The Morgan fingerprint density at radius 2 is 1.80 bits per heavy atom. The SMILES string of the molecule is Cl.Cn1c(=O)c2[nH]c(C3CCNCC3)nc2n(C)c1=O. The van der Waals surface area contributed by atoms with Crippen molar-refractivity contribution in [3.8, 4) is 0 Å². The Labute approximate surface area is 121 Å². The van der Waals surface area contributed by atoms with Crippen molar-refractivity contribution in [2.24, 2.45) is 14.1 Å². The van der Waals surface area contributed by atoms with Crippen LogP contribution in [-0.4, -0.2) is 32.2 Å². The van der Waals surface area contributed by atoms with Gasteiger partial charge in [-0.05, 0) is 25.9 Å². The van der Waals surface area contributed by atoms with Crippen molar-refractivity contribution < 1.29 is 0 Å². The van der Waals surface area contributed by atoms with Crippen LogP contribution in [0.2, 0.25) is 0 Å². The molecule has 2 aromatic rings. The second kappa shape index (κ2) is 5.41. The Bertz CT molecular complexity index is 739. The molecule has 7 nitrogen and oxygen atoms in total. The summed E-state index contributed by atoms with van der Waals surface area (Å²) in [6, 6.07) is 0. The predicted octanol–water partition coefficient (Wildman–Crippen LogP) is -0.151. The van der Waals surface area contributed by atoms with Gasteiger partial charge in [-0.2, -0.15) is 0 Å². The lowest BCUT2D eigenvalue weighted by Gasteiger charge is -2.20. The number of nitrogens with one attached hydrogen (secondary N) is 2. The lowest BCUT2D eigenvalue weighted by Crippen LogP contribution is -2.36. The van der Waals surface area contributed by atoms with Gasteiger partial charge in [0.05, 0.1) is 0 Å². The summed E-state index contributed by atoms with van der Waals surface area (Å²) < 4.78 is 2.52. The third kappa shape index (κ3) is 2.16. The fourth-order valence-corrected chi connectivity index (χ4v) is 2.63. The van der Waals surface area contributed by atoms with E-state index >= 15 is 0 Å². The van der Waals surface area contributed by atoms with Gasteiger partial charge in [0.2, 0.25) is 0 Å². The fourth-order valence-electron chi connectivity index (χ4n) is 2.63. The molecule has 1 fully saturated rings. The highest BCUT2D eigenvalue weighted by molar-refractivity contribution is 5.85. The second-order valence-electron chi connectivity index (χ2n) is 5.05. The first-order valence-corrected chi connectivity index (χ1v) is 6.46. The molecule has 0 aromatic carbocycles. The van der Waals surface area contributed by atoms with Gasteiger partial charge in [-0.25, -0.2) is 9.78 Å². The summed E-state index contributed by atoms with van der Waals surface area (Å²) in [7, 11) is 3.12. The van der Waals surface area contributed by atoms with E-state index in [9.17, 15) is 9.59 Å². The Morgan fingerprint density at radius 1 is 1.15 bits per heavy atom. The van der Waals surface area contributed by atoms with Crippen molar-refractivity contribution in [3.05, 3.63) is 26.7 Å². The highest BCUT2D eigenvalue weighted by Crippen LogP contribution is 2.23. The third-order valence-electron chi connectivity index (χ3n) is 3.84. The molecule has 8 heteroatoms. The lowest BCUT2D eigenvalue weighted by molar-refractivity contribution is 0.448. The van der Waals surface area contributed by atoms with Crippen LogP contribution in [0.5, 0.6) is 0 Å². The molecule has 0 saturated carbocycles. The average molecular weight is 300 g/mol. The molecule has 20 heavy (non-hydrogen) atoms. The van der Waals surface area contributed by atoms with Crippen molar-refractivity contribution >= 4 is 23.6 Å². The number of rotatable bonds is 1. The monoisotopic (exact) mass is 299 g/mol. The van der Waals surface area contributed by atoms with E-state index in [1.54, 1.807) is 7.05 Å². The molecule has 0 amide bonds. The molecule has 3 heterocycles. The normalized spacial score (nSPS) is 16.3. The zero-order chi connectivity index (χ0) is 13.6. The number of halogens is 1. The highest BCUT2D eigenvalue weighted by Gasteiger charge is 2.21. The van der Waals surface area contributed by atoms with E-state index < -0.39 is 0 Å². The van der Waals surface area contributed by atoms with Crippen LogP contribution in [-0.2, 0) is 14.1 Å². The minimum atomic E-state index is -0.346. The van der Waals surface area contributed by atoms with Crippen LogP contribution >= 0.6 is 12.4 Å². The summed E-state index contributed by atoms with van der Waals surface area (Å²) in [4.78, 5) is 31.5. The molecule has 0 spiro atoms. The molecule has 1 aliphatic heterocycles. The number of fused-ring (bicyclic) bond motifs is 1. The number of aromatic amines is 1. The maximum Gasteiger partial charge on any atom is 0.332 e. The molecule has 0 radical (unpaired) electrons. The highest BCUT2D eigenvalue weighted by atomic mass is 35.5. The van der Waals surface area contributed by atoms with E-state index in [-0.39, 0.29) is 23.7 Å². The standard InChI is InChI=1S/C12H17N5O2.ClH/c1-16-10-8(11(18)17(2)12(16)19)14-9(15-10)7-3-5-13-6-4-7;/h7,13H,3-6H2,1-2H3,(H,14,15);1H. The van der Waals surface area contributed by atoms with Gasteiger partial charge in [-0.1, -0.05) is 0 Å². The smallest absolute Gasteiger partial charge is 0.332 e. The van der Waals surface area contributed by atoms with Gasteiger partial charge in [-0.15, -0.1) is 12.4 Å². The number of piperidine rings is 1. The Balaban J connectivity index is 0.00000147. The maximum absolute atomic E-state index is 12.1. The van der Waals surface area contributed by atoms with Gasteiger partial charge in [0.1, 0.15) is 11.3 Å². The van der Waals surface area contributed by atoms with Gasteiger partial charge in [0.15, 0.2) is 5.65 Å². The fraction of sp³-hybridized carbons (Fsp3) is 0.583. The zero-order valence-electron chi connectivity index (χ0n) is 11.5. The Hall–Kier alpha value is -1.60. The number of aryl methyl sites for hydroxylation is 1. The average Bonchev–Trinajstić information content (AvgIpc) is 2.89. The van der Waals surface area contributed by atoms with Crippen LogP contribution < -0.4 is 16.6 Å². The van der Waals surface area contributed by atoms with E-state index in [1.165, 1.54) is 11.6 Å². The summed E-state index contributed by atoms with van der Waals surface area (Å²) in [5.41, 5.74) is 0.200. The molecule has 0 bridgehead atoms. The first-order chi connectivity index (χ1) is 9.09. The molecule has 110 valence electrons. The molecule has 1 saturated heterocycles. The van der Waals surface area contributed by atoms with Gasteiger partial charge in [0, 0.05) is 20.0 Å². The van der Waals surface area contributed by atoms with Crippen LogP contribution in [0, 0.1) is 0 Å². The molecule has 3 rings (SSSR count). The van der Waals surface area contributed by atoms with Crippen LogP contribution in [0.15, 0.2) is 9.59 Å². The van der Waals surface area contributed by atoms with E-state index in [0.717, 1.165) is 36.3 Å². The molecule has 2 aromatic heterocycles. The first kappa shape index (κ1) is 14.8. The van der Waals surface area contributed by atoms with Gasteiger partial charge in [0.25, 0.3) is 5.56 Å². The summed E-state index contributed by atoms with van der Waals surface area (Å²) in [6.45, 7) is 1.91. The van der Waals surface area contributed by atoms with E-state index in [0.29, 0.717) is 17.1 Å². The number of nitrogens with zero attached hydrogens (tertiary/aromatic N) is 3. The molecular weight excluding hydrogens is 282 g/mol. The zero-order valence-corrected chi connectivity index (χ0v) is 12.3. The summed E-state index contributed by atoms with van der Waals surface area (Å²) >= 11 is 0. The minimum Gasteiger partial charge on any atom is -0.336 e. The van der Waals surface area contributed by atoms with Crippen molar-refractivity contribution in [1.29, 1.82) is 0 Å². The van der Waals surface area contributed by atoms with E-state index in [1.807, 2.05) is 0 Å². The van der Waals surface area contributed by atoms with Gasteiger partial charge < -0.3 is 10.3 Å². The first-order valence-electron chi connectivity index (χ1n) is 6.46. The predicted molar refractivity (Wildman–Crippen MR) is 78.7 cm³/mol. The van der Waals surface area contributed by atoms with E-state index in [2.05, 4.69) is 15.3 Å². The largest absolute Gasteiger partial charge is 0.336 e. The Kier molecular flexibility index (Phi) is 4.01. The van der Waals surface area contributed by atoms with Crippen molar-refractivity contribution in [2.45, 2.75) is 18.8 Å². The van der Waals surface area contributed by atoms with Crippen molar-refractivity contribution in [3.63, 3.8) is 0 Å². The molecular formula is C12H18ClN5O2. The molecule has 0 atom stereocenters. The quantitative estimate of drug-likeness (QED) is 0.767. The maximum atomic E-state index is 12.1. The number of imidazole rings is 1. The number of hydrogen-bond acceptors (Lipinski definition) is 4. The topological polar surface area (TPSA) is 84.7 Å². The summed E-state index contributed by atoms with van der Waals surface area (Å²) in [5.74, 6) is 1.14. The summed E-state index contributed by atoms with van der Waals surface area (Å²) in [5, 5.41) is 3.30. The minimum absolute atomic E-state index is 0. The molecule has 1 aliphatic rings. The van der Waals surface area contributed by atoms with Gasteiger partial charge >= 0.3 is 5.69 Å². The van der Waals surface area contributed by atoms with Crippen molar-refractivity contribution in [2.75, 3.05) is 13.1 Å². The lowest BCUT2D eigenvalue weighted by atomic mass is 9.98. The third-order valence-corrected chi connectivity index (χ3v) is 3.84. The number of H-pyrrole nitrogens is 1.